The number of aliphatic hydroxyl groups excluding tert-OH is 2. The number of rotatable bonds is 2. The van der Waals surface area contributed by atoms with Gasteiger partial charge in [-0.3, -0.25) is 0 Å². The predicted octanol–water partition coefficient (Wildman–Crippen LogP) is 0.0464. The Balaban J connectivity index is 3.46. The molecule has 3 heteroatoms. The van der Waals surface area contributed by atoms with Gasteiger partial charge in [0.25, 0.3) is 0 Å². The van der Waals surface area contributed by atoms with Crippen molar-refractivity contribution in [2.75, 3.05) is 0 Å². The first-order valence-corrected chi connectivity index (χ1v) is 3.11. The van der Waals surface area contributed by atoms with E-state index in [1.54, 1.807) is 13.8 Å². The minimum atomic E-state index is -0.543. The molecular weight excluding hydrogens is 124 g/mol. The van der Waals surface area contributed by atoms with Crippen LogP contribution >= 0.6 is 12.6 Å². The number of thiol groups is 1. The standard InChI is InChI=1S/C5H12O2S/c1-3(6)5(8)4(2)7/h3-8H,1-2H3. The summed E-state index contributed by atoms with van der Waals surface area (Å²) in [4.78, 5) is 0. The van der Waals surface area contributed by atoms with Crippen molar-refractivity contribution >= 4 is 12.6 Å². The third kappa shape index (κ3) is 2.55. The molecule has 0 heterocycles. The fourth-order valence-corrected chi connectivity index (χ4v) is 0.403. The lowest BCUT2D eigenvalue weighted by Crippen LogP contribution is -2.28. The van der Waals surface area contributed by atoms with Crippen LogP contribution in [0.3, 0.4) is 0 Å². The summed E-state index contributed by atoms with van der Waals surface area (Å²) < 4.78 is 0. The van der Waals surface area contributed by atoms with Crippen LogP contribution in [0.1, 0.15) is 13.8 Å². The first-order chi connectivity index (χ1) is 3.55. The predicted molar refractivity (Wildman–Crippen MR) is 36.1 cm³/mol. The molecule has 0 rings (SSSR count). The van der Waals surface area contributed by atoms with Crippen LogP contribution < -0.4 is 0 Å². The van der Waals surface area contributed by atoms with Gasteiger partial charge in [-0.1, -0.05) is 0 Å². The highest BCUT2D eigenvalue weighted by Crippen LogP contribution is 2.05. The minimum absolute atomic E-state index is 0.324. The van der Waals surface area contributed by atoms with Crippen LogP contribution in [0.2, 0.25) is 0 Å². The second-order valence-electron chi connectivity index (χ2n) is 1.97. The summed E-state index contributed by atoms with van der Waals surface area (Å²) in [7, 11) is 0. The van der Waals surface area contributed by atoms with Crippen LogP contribution in [0, 0.1) is 0 Å². The highest BCUT2D eigenvalue weighted by Gasteiger charge is 2.14. The molecule has 50 valence electrons. The zero-order valence-electron chi connectivity index (χ0n) is 5.07. The highest BCUT2D eigenvalue weighted by molar-refractivity contribution is 7.81. The third-order valence-electron chi connectivity index (χ3n) is 0.989. The molecule has 0 aliphatic carbocycles. The van der Waals surface area contributed by atoms with Gasteiger partial charge in [0.15, 0.2) is 0 Å². The second-order valence-corrected chi connectivity index (χ2v) is 2.57. The van der Waals surface area contributed by atoms with Crippen LogP contribution in [-0.4, -0.2) is 27.7 Å². The molecule has 0 aromatic heterocycles. The summed E-state index contributed by atoms with van der Waals surface area (Å²) in [5, 5.41) is 17.2. The number of aliphatic hydroxyl groups is 2. The van der Waals surface area contributed by atoms with Crippen LogP contribution in [0.15, 0.2) is 0 Å². The lowest BCUT2D eigenvalue weighted by atomic mass is 10.2. The van der Waals surface area contributed by atoms with E-state index in [0.29, 0.717) is 0 Å². The molecular formula is C5H12O2S. The summed E-state index contributed by atoms with van der Waals surface area (Å²) in [5.41, 5.74) is 0. The largest absolute Gasteiger partial charge is 0.392 e. The van der Waals surface area contributed by atoms with E-state index < -0.39 is 12.2 Å². The zero-order chi connectivity index (χ0) is 6.73. The molecule has 2 N–H and O–H groups in total. The van der Waals surface area contributed by atoms with Crippen molar-refractivity contribution in [2.45, 2.75) is 31.3 Å². The van der Waals surface area contributed by atoms with Crippen molar-refractivity contribution in [2.24, 2.45) is 0 Å². The minimum Gasteiger partial charge on any atom is -0.392 e. The van der Waals surface area contributed by atoms with E-state index in [0.717, 1.165) is 0 Å². The molecule has 8 heavy (non-hydrogen) atoms. The van der Waals surface area contributed by atoms with Gasteiger partial charge in [0, 0.05) is 0 Å². The third-order valence-corrected chi connectivity index (χ3v) is 1.85. The number of hydrogen-bond acceptors (Lipinski definition) is 3. The Labute approximate surface area is 54.9 Å². The van der Waals surface area contributed by atoms with Crippen LogP contribution in [0.4, 0.5) is 0 Å². The molecule has 0 aliphatic heterocycles. The Kier molecular flexibility index (Phi) is 3.44. The molecule has 0 bridgehead atoms. The molecule has 0 spiro atoms. The summed E-state index contributed by atoms with van der Waals surface area (Å²) in [6, 6.07) is 0. The Hall–Kier alpha value is 0.270. The van der Waals surface area contributed by atoms with Crippen LogP contribution in [-0.2, 0) is 0 Å². The SMILES string of the molecule is CC(O)C(S)C(C)O. The molecule has 2 atom stereocenters. The second kappa shape index (κ2) is 3.33. The smallest absolute Gasteiger partial charge is 0.0653 e. The van der Waals surface area contributed by atoms with E-state index in [1.807, 2.05) is 0 Å². The van der Waals surface area contributed by atoms with Crippen LogP contribution in [0.5, 0.6) is 0 Å². The summed E-state index contributed by atoms with van der Waals surface area (Å²) in [6.07, 6.45) is -1.09. The molecule has 0 fully saturated rings. The lowest BCUT2D eigenvalue weighted by Gasteiger charge is -2.15. The molecule has 0 saturated heterocycles. The fraction of sp³-hybridized carbons (Fsp3) is 1.00. The van der Waals surface area contributed by atoms with E-state index in [4.69, 9.17) is 10.2 Å². The molecule has 0 saturated carbocycles. The maximum Gasteiger partial charge on any atom is 0.0653 e. The monoisotopic (exact) mass is 136 g/mol. The lowest BCUT2D eigenvalue weighted by molar-refractivity contribution is 0.111. The first-order valence-electron chi connectivity index (χ1n) is 2.60. The average Bonchev–Trinajstić information content (AvgIpc) is 1.64. The maximum atomic E-state index is 8.75. The van der Waals surface area contributed by atoms with Crippen molar-refractivity contribution in [1.29, 1.82) is 0 Å². The first kappa shape index (κ1) is 8.27. The van der Waals surface area contributed by atoms with Gasteiger partial charge in [0.1, 0.15) is 0 Å². The van der Waals surface area contributed by atoms with E-state index in [2.05, 4.69) is 12.6 Å². The van der Waals surface area contributed by atoms with Gasteiger partial charge in [-0.25, -0.2) is 0 Å². The van der Waals surface area contributed by atoms with E-state index >= 15 is 0 Å². The van der Waals surface area contributed by atoms with Gasteiger partial charge in [-0.15, -0.1) is 0 Å². The molecule has 0 aromatic carbocycles. The van der Waals surface area contributed by atoms with Gasteiger partial charge >= 0.3 is 0 Å². The topological polar surface area (TPSA) is 40.5 Å². The van der Waals surface area contributed by atoms with E-state index in [-0.39, 0.29) is 5.25 Å². The van der Waals surface area contributed by atoms with Crippen molar-refractivity contribution < 1.29 is 10.2 Å². The molecule has 2 unspecified atom stereocenters. The Morgan fingerprint density at radius 2 is 1.38 bits per heavy atom. The summed E-state index contributed by atoms with van der Waals surface area (Å²) >= 11 is 3.92. The fourth-order valence-electron chi connectivity index (χ4n) is 0.403. The van der Waals surface area contributed by atoms with E-state index in [9.17, 15) is 0 Å². The van der Waals surface area contributed by atoms with Gasteiger partial charge in [0.05, 0.1) is 17.5 Å². The van der Waals surface area contributed by atoms with Crippen molar-refractivity contribution in [1.82, 2.24) is 0 Å². The Bertz CT molecular complexity index is 55.4. The zero-order valence-corrected chi connectivity index (χ0v) is 5.97. The molecule has 2 nitrogen and oxygen atoms in total. The molecule has 0 aliphatic rings. The van der Waals surface area contributed by atoms with E-state index in [1.165, 1.54) is 0 Å². The average molecular weight is 136 g/mol. The van der Waals surface area contributed by atoms with Crippen molar-refractivity contribution in [3.05, 3.63) is 0 Å². The van der Waals surface area contributed by atoms with Crippen molar-refractivity contribution in [3.8, 4) is 0 Å². The normalized spacial score (nSPS) is 22.1. The van der Waals surface area contributed by atoms with Crippen LogP contribution in [0.25, 0.3) is 0 Å². The summed E-state index contributed by atoms with van der Waals surface area (Å²) in [5.74, 6) is 0. The van der Waals surface area contributed by atoms with Crippen molar-refractivity contribution in [3.63, 3.8) is 0 Å². The molecule has 0 aromatic rings. The Morgan fingerprint density at radius 1 is 1.12 bits per heavy atom. The Morgan fingerprint density at radius 3 is 1.38 bits per heavy atom. The molecule has 0 radical (unpaired) electrons. The molecule has 0 amide bonds. The number of hydrogen-bond donors (Lipinski definition) is 3. The van der Waals surface area contributed by atoms with Gasteiger partial charge in [-0.05, 0) is 13.8 Å². The highest BCUT2D eigenvalue weighted by atomic mass is 32.1. The van der Waals surface area contributed by atoms with Gasteiger partial charge in [0.2, 0.25) is 0 Å². The van der Waals surface area contributed by atoms with Gasteiger partial charge < -0.3 is 10.2 Å². The maximum absolute atomic E-state index is 8.75. The summed E-state index contributed by atoms with van der Waals surface area (Å²) in [6.45, 7) is 3.20. The van der Waals surface area contributed by atoms with Gasteiger partial charge in [-0.2, -0.15) is 12.6 Å². The quantitative estimate of drug-likeness (QED) is 0.469.